The minimum Gasteiger partial charge on any atom is -0.328 e. The van der Waals surface area contributed by atoms with Crippen LogP contribution < -0.4 is 10.5 Å². The van der Waals surface area contributed by atoms with E-state index in [1.165, 1.54) is 25.1 Å². The number of nitrogens with zero attached hydrogens (tertiary/aromatic N) is 1. The summed E-state index contributed by atoms with van der Waals surface area (Å²) in [6.07, 6.45) is 2.94. The van der Waals surface area contributed by atoms with Crippen molar-refractivity contribution < 1.29 is 13.3 Å². The van der Waals surface area contributed by atoms with E-state index >= 15 is 0 Å². The molecule has 0 spiro atoms. The van der Waals surface area contributed by atoms with Crippen LogP contribution in [0.25, 0.3) is 0 Å². The highest BCUT2D eigenvalue weighted by molar-refractivity contribution is 7.89. The number of nitrogens with two attached hydrogens (primary N) is 1. The highest BCUT2D eigenvalue weighted by Crippen LogP contribution is 2.26. The maximum atomic E-state index is 12.4. The monoisotopic (exact) mass is 313 g/mol. The summed E-state index contributed by atoms with van der Waals surface area (Å²) in [5.41, 5.74) is 5.76. The zero-order valence-electron chi connectivity index (χ0n) is 11.8. The second kappa shape index (κ2) is 6.08. The predicted molar refractivity (Wildman–Crippen MR) is 78.4 cm³/mol. The van der Waals surface area contributed by atoms with Gasteiger partial charge in [0.2, 0.25) is 10.0 Å². The third kappa shape index (κ3) is 3.58. The summed E-state index contributed by atoms with van der Waals surface area (Å²) >= 11 is 0. The van der Waals surface area contributed by atoms with Gasteiger partial charge in [-0.25, -0.2) is 13.1 Å². The largest absolute Gasteiger partial charge is 0.328 e. The molecule has 1 aromatic carbocycles. The van der Waals surface area contributed by atoms with Gasteiger partial charge in [0.05, 0.1) is 9.82 Å². The minimum absolute atomic E-state index is 0.0356. The molecule has 0 bridgehead atoms. The van der Waals surface area contributed by atoms with Crippen LogP contribution in [0.4, 0.5) is 5.69 Å². The Kier molecular flexibility index (Phi) is 4.60. The van der Waals surface area contributed by atoms with Gasteiger partial charge in [0.1, 0.15) is 0 Å². The fraction of sp³-hybridized carbons (Fsp3) is 0.538. The molecule has 1 aliphatic carbocycles. The van der Waals surface area contributed by atoms with Crippen LogP contribution in [0.15, 0.2) is 23.1 Å². The van der Waals surface area contributed by atoms with Crippen molar-refractivity contribution in [3.8, 4) is 0 Å². The first-order chi connectivity index (χ1) is 9.81. The molecule has 8 heteroatoms. The Morgan fingerprint density at radius 3 is 2.48 bits per heavy atom. The van der Waals surface area contributed by atoms with E-state index in [4.69, 9.17) is 5.73 Å². The fourth-order valence-corrected chi connectivity index (χ4v) is 4.18. The molecule has 1 aromatic rings. The quantitative estimate of drug-likeness (QED) is 0.645. The molecule has 0 aliphatic heterocycles. The molecule has 0 aromatic heterocycles. The Balaban J connectivity index is 2.24. The summed E-state index contributed by atoms with van der Waals surface area (Å²) in [7, 11) is -3.76. The van der Waals surface area contributed by atoms with Gasteiger partial charge in [0, 0.05) is 23.7 Å². The third-order valence-electron chi connectivity index (χ3n) is 3.84. The summed E-state index contributed by atoms with van der Waals surface area (Å²) in [6.45, 7) is 1.45. The number of sulfonamides is 1. The van der Waals surface area contributed by atoms with Crippen molar-refractivity contribution in [1.82, 2.24) is 4.72 Å². The molecule has 0 heterocycles. The van der Waals surface area contributed by atoms with E-state index < -0.39 is 14.9 Å². The van der Waals surface area contributed by atoms with Gasteiger partial charge in [-0.1, -0.05) is 6.07 Å². The number of hydrogen-bond acceptors (Lipinski definition) is 5. The summed E-state index contributed by atoms with van der Waals surface area (Å²) in [4.78, 5) is 10.3. The van der Waals surface area contributed by atoms with Crippen LogP contribution in [0.5, 0.6) is 0 Å². The lowest BCUT2D eigenvalue weighted by atomic mass is 9.93. The van der Waals surface area contributed by atoms with Crippen molar-refractivity contribution in [3.05, 3.63) is 33.9 Å². The average molecular weight is 313 g/mol. The summed E-state index contributed by atoms with van der Waals surface area (Å²) in [5, 5.41) is 10.9. The van der Waals surface area contributed by atoms with Crippen molar-refractivity contribution in [2.45, 2.75) is 49.6 Å². The zero-order chi connectivity index (χ0) is 15.6. The van der Waals surface area contributed by atoms with Gasteiger partial charge in [-0.05, 0) is 38.7 Å². The highest BCUT2D eigenvalue weighted by atomic mass is 32.2. The lowest BCUT2D eigenvalue weighted by molar-refractivity contribution is -0.385. The number of nitro groups is 1. The maximum Gasteiger partial charge on any atom is 0.273 e. The summed E-state index contributed by atoms with van der Waals surface area (Å²) in [5.74, 6) is 0. The molecule has 0 radical (unpaired) electrons. The van der Waals surface area contributed by atoms with Crippen LogP contribution in [0, 0.1) is 17.0 Å². The molecule has 116 valence electrons. The van der Waals surface area contributed by atoms with Gasteiger partial charge in [0.25, 0.3) is 5.69 Å². The van der Waals surface area contributed by atoms with Crippen LogP contribution in [0.3, 0.4) is 0 Å². The van der Waals surface area contributed by atoms with E-state index in [9.17, 15) is 18.5 Å². The van der Waals surface area contributed by atoms with Gasteiger partial charge in [-0.3, -0.25) is 10.1 Å². The Labute approximate surface area is 123 Å². The van der Waals surface area contributed by atoms with Crippen molar-refractivity contribution in [2.24, 2.45) is 5.73 Å². The lowest BCUT2D eigenvalue weighted by Crippen LogP contribution is -2.40. The van der Waals surface area contributed by atoms with Crippen LogP contribution in [0.1, 0.15) is 31.2 Å². The van der Waals surface area contributed by atoms with E-state index in [1.54, 1.807) is 0 Å². The topological polar surface area (TPSA) is 115 Å². The van der Waals surface area contributed by atoms with E-state index in [2.05, 4.69) is 4.72 Å². The van der Waals surface area contributed by atoms with Gasteiger partial charge < -0.3 is 5.73 Å². The number of hydrogen-bond donors (Lipinski definition) is 2. The van der Waals surface area contributed by atoms with E-state index in [0.29, 0.717) is 12.8 Å². The maximum absolute atomic E-state index is 12.4. The summed E-state index contributed by atoms with van der Waals surface area (Å²) < 4.78 is 27.5. The van der Waals surface area contributed by atoms with E-state index in [0.717, 1.165) is 12.8 Å². The second-order valence-electron chi connectivity index (χ2n) is 5.39. The fourth-order valence-electron chi connectivity index (χ4n) is 2.61. The van der Waals surface area contributed by atoms with Crippen LogP contribution in [-0.4, -0.2) is 25.4 Å². The Bertz CT molecular complexity index is 637. The first kappa shape index (κ1) is 15.9. The van der Waals surface area contributed by atoms with Crippen molar-refractivity contribution in [2.75, 3.05) is 0 Å². The average Bonchev–Trinajstić information content (AvgIpc) is 2.41. The van der Waals surface area contributed by atoms with Crippen LogP contribution in [-0.2, 0) is 10.0 Å². The van der Waals surface area contributed by atoms with E-state index in [-0.39, 0.29) is 28.2 Å². The van der Waals surface area contributed by atoms with Crippen LogP contribution in [0.2, 0.25) is 0 Å². The van der Waals surface area contributed by atoms with Crippen LogP contribution >= 0.6 is 0 Å². The molecule has 1 aliphatic rings. The lowest BCUT2D eigenvalue weighted by Gasteiger charge is -2.26. The second-order valence-corrected chi connectivity index (χ2v) is 7.07. The molecule has 3 N–H and O–H groups in total. The number of nitro benzene ring substituents is 1. The SMILES string of the molecule is Cc1c([N+](=O)[O-])cccc1S(=O)(=O)NC1CCC(N)CC1. The summed E-state index contributed by atoms with van der Waals surface area (Å²) in [6, 6.07) is 4.04. The number of rotatable bonds is 4. The van der Waals surface area contributed by atoms with Gasteiger partial charge in [-0.15, -0.1) is 0 Å². The van der Waals surface area contributed by atoms with Gasteiger partial charge in [-0.2, -0.15) is 0 Å². The molecule has 0 atom stereocenters. The Morgan fingerprint density at radius 1 is 1.29 bits per heavy atom. The molecule has 2 rings (SSSR count). The Morgan fingerprint density at radius 2 is 1.90 bits per heavy atom. The van der Waals surface area contributed by atoms with Crippen molar-refractivity contribution in [3.63, 3.8) is 0 Å². The number of benzene rings is 1. The molecule has 1 saturated carbocycles. The molecule has 0 saturated heterocycles. The van der Waals surface area contributed by atoms with E-state index in [1.807, 2.05) is 0 Å². The Hall–Kier alpha value is -1.51. The molecular weight excluding hydrogens is 294 g/mol. The van der Waals surface area contributed by atoms with Gasteiger partial charge in [0.15, 0.2) is 0 Å². The smallest absolute Gasteiger partial charge is 0.273 e. The highest BCUT2D eigenvalue weighted by Gasteiger charge is 2.27. The van der Waals surface area contributed by atoms with Gasteiger partial charge >= 0.3 is 0 Å². The third-order valence-corrected chi connectivity index (χ3v) is 5.50. The predicted octanol–water partition coefficient (Wildman–Crippen LogP) is 1.45. The minimum atomic E-state index is -3.76. The normalized spacial score (nSPS) is 23.0. The molecular formula is C13H19N3O4S. The zero-order valence-corrected chi connectivity index (χ0v) is 12.6. The molecule has 7 nitrogen and oxygen atoms in total. The molecule has 1 fully saturated rings. The first-order valence-electron chi connectivity index (χ1n) is 6.83. The molecule has 21 heavy (non-hydrogen) atoms. The number of nitrogens with one attached hydrogen (secondary N) is 1. The standard InChI is InChI=1S/C13H19N3O4S/c1-9-12(16(17)18)3-2-4-13(9)21(19,20)15-11-7-5-10(14)6-8-11/h2-4,10-11,15H,5-8,14H2,1H3. The molecule has 0 unspecified atom stereocenters. The van der Waals surface area contributed by atoms with Crippen molar-refractivity contribution in [1.29, 1.82) is 0 Å². The molecule has 0 amide bonds. The first-order valence-corrected chi connectivity index (χ1v) is 8.31. The van der Waals surface area contributed by atoms with Crippen molar-refractivity contribution >= 4 is 15.7 Å².